The second-order valence-electron chi connectivity index (χ2n) is 7.26. The average molecular weight is 392 g/mol. The van der Waals surface area contributed by atoms with Crippen LogP contribution in [-0.4, -0.2) is 70.6 Å². The summed E-state index contributed by atoms with van der Waals surface area (Å²) >= 11 is 0. The van der Waals surface area contributed by atoms with Crippen molar-refractivity contribution in [2.75, 3.05) is 59.7 Å². The fourth-order valence-corrected chi connectivity index (χ4v) is 3.10. The van der Waals surface area contributed by atoms with Crippen molar-refractivity contribution < 1.29 is 14.2 Å². The van der Waals surface area contributed by atoms with Crippen molar-refractivity contribution in [2.24, 2.45) is 10.9 Å². The van der Waals surface area contributed by atoms with Gasteiger partial charge in [-0.05, 0) is 50.7 Å². The number of para-hydroxylation sites is 1. The number of aryl methyl sites for hydroxylation is 1. The Morgan fingerprint density at radius 2 is 2.04 bits per heavy atom. The Morgan fingerprint density at radius 1 is 1.25 bits per heavy atom. The molecule has 158 valence electrons. The number of aliphatic imine (C=N–C) groups is 1. The first-order valence-corrected chi connectivity index (χ1v) is 10.5. The van der Waals surface area contributed by atoms with Gasteiger partial charge in [0.2, 0.25) is 0 Å². The Balaban J connectivity index is 1.64. The molecule has 0 radical (unpaired) electrons. The summed E-state index contributed by atoms with van der Waals surface area (Å²) in [5.41, 5.74) is 1.16. The third kappa shape index (κ3) is 8.48. The van der Waals surface area contributed by atoms with Gasteiger partial charge in [-0.25, -0.2) is 0 Å². The van der Waals surface area contributed by atoms with E-state index in [1.165, 1.54) is 0 Å². The number of hydrogen-bond donors (Lipinski definition) is 1. The molecule has 6 heteroatoms. The molecule has 0 unspecified atom stereocenters. The van der Waals surface area contributed by atoms with Crippen LogP contribution in [0, 0.1) is 12.8 Å². The minimum atomic E-state index is 0.625. The molecule has 1 aliphatic heterocycles. The molecule has 0 aromatic heterocycles. The molecule has 1 saturated heterocycles. The Bertz CT molecular complexity index is 574. The average Bonchev–Trinajstić information content (AvgIpc) is 2.72. The van der Waals surface area contributed by atoms with Crippen molar-refractivity contribution in [3.8, 4) is 5.75 Å². The van der Waals surface area contributed by atoms with Crippen LogP contribution in [0.25, 0.3) is 0 Å². The van der Waals surface area contributed by atoms with E-state index in [1.54, 1.807) is 0 Å². The van der Waals surface area contributed by atoms with Crippen molar-refractivity contribution in [3.05, 3.63) is 29.8 Å². The first kappa shape index (κ1) is 22.5. The standard InChI is InChI=1S/C22H37N3O3/c1-4-23-22(24-12-7-14-27-18-20-10-15-26-16-11-20)25(3)13-17-28-21-9-6-5-8-19(21)2/h5-6,8-9,20H,4,7,10-18H2,1-3H3,(H,23,24). The number of nitrogens with one attached hydrogen (secondary N) is 1. The summed E-state index contributed by atoms with van der Waals surface area (Å²) in [6.07, 6.45) is 3.18. The number of benzene rings is 1. The predicted molar refractivity (Wildman–Crippen MR) is 114 cm³/mol. The lowest BCUT2D eigenvalue weighted by atomic mass is 10.0. The van der Waals surface area contributed by atoms with E-state index in [2.05, 4.69) is 30.1 Å². The highest BCUT2D eigenvalue weighted by atomic mass is 16.5. The summed E-state index contributed by atoms with van der Waals surface area (Å²) in [5.74, 6) is 2.52. The molecular weight excluding hydrogens is 354 g/mol. The molecule has 1 aromatic carbocycles. The van der Waals surface area contributed by atoms with Gasteiger partial charge in [0.15, 0.2) is 5.96 Å². The smallest absolute Gasteiger partial charge is 0.193 e. The van der Waals surface area contributed by atoms with Crippen LogP contribution in [-0.2, 0) is 9.47 Å². The van der Waals surface area contributed by atoms with Gasteiger partial charge in [-0.3, -0.25) is 4.99 Å². The zero-order chi connectivity index (χ0) is 20.0. The van der Waals surface area contributed by atoms with Gasteiger partial charge < -0.3 is 24.4 Å². The summed E-state index contributed by atoms with van der Waals surface area (Å²) in [5, 5.41) is 3.35. The fourth-order valence-electron chi connectivity index (χ4n) is 3.10. The minimum Gasteiger partial charge on any atom is -0.491 e. The molecule has 0 atom stereocenters. The predicted octanol–water partition coefficient (Wildman–Crippen LogP) is 3.10. The van der Waals surface area contributed by atoms with E-state index in [4.69, 9.17) is 19.2 Å². The maximum atomic E-state index is 5.90. The molecule has 0 saturated carbocycles. The molecular formula is C22H37N3O3. The van der Waals surface area contributed by atoms with E-state index < -0.39 is 0 Å². The van der Waals surface area contributed by atoms with E-state index in [1.807, 2.05) is 25.2 Å². The Morgan fingerprint density at radius 3 is 2.79 bits per heavy atom. The number of likely N-dealkylation sites (N-methyl/N-ethyl adjacent to an activating group) is 1. The summed E-state index contributed by atoms with van der Waals surface area (Å²) in [4.78, 5) is 6.83. The van der Waals surface area contributed by atoms with Crippen molar-refractivity contribution in [1.82, 2.24) is 10.2 Å². The molecule has 0 bridgehead atoms. The van der Waals surface area contributed by atoms with E-state index >= 15 is 0 Å². The van der Waals surface area contributed by atoms with Gasteiger partial charge in [-0.1, -0.05) is 18.2 Å². The Labute approximate surface area is 170 Å². The highest BCUT2D eigenvalue weighted by Crippen LogP contribution is 2.16. The number of guanidine groups is 1. The third-order valence-corrected chi connectivity index (χ3v) is 4.88. The monoisotopic (exact) mass is 391 g/mol. The Kier molecular flexibility index (Phi) is 10.8. The van der Waals surface area contributed by atoms with Crippen LogP contribution in [0.2, 0.25) is 0 Å². The van der Waals surface area contributed by atoms with Crippen LogP contribution in [0.4, 0.5) is 0 Å². The largest absolute Gasteiger partial charge is 0.491 e. The molecule has 6 nitrogen and oxygen atoms in total. The quantitative estimate of drug-likeness (QED) is 0.357. The molecule has 0 amide bonds. The van der Waals surface area contributed by atoms with Gasteiger partial charge in [-0.2, -0.15) is 0 Å². The summed E-state index contributed by atoms with van der Waals surface area (Å²) in [6.45, 7) is 10.5. The highest BCUT2D eigenvalue weighted by Gasteiger charge is 2.13. The summed E-state index contributed by atoms with van der Waals surface area (Å²) in [7, 11) is 2.05. The number of rotatable bonds is 11. The lowest BCUT2D eigenvalue weighted by Crippen LogP contribution is -2.41. The van der Waals surface area contributed by atoms with Gasteiger partial charge in [0.25, 0.3) is 0 Å². The maximum absolute atomic E-state index is 5.90. The van der Waals surface area contributed by atoms with Crippen LogP contribution in [0.5, 0.6) is 5.75 Å². The molecule has 1 aromatic rings. The second-order valence-corrected chi connectivity index (χ2v) is 7.26. The molecule has 2 rings (SSSR count). The van der Waals surface area contributed by atoms with Crippen molar-refractivity contribution in [1.29, 1.82) is 0 Å². The van der Waals surface area contributed by atoms with E-state index in [0.717, 1.165) is 82.6 Å². The molecule has 0 aliphatic carbocycles. The van der Waals surface area contributed by atoms with Gasteiger partial charge in [0.1, 0.15) is 12.4 Å². The van der Waals surface area contributed by atoms with Gasteiger partial charge in [0, 0.05) is 46.6 Å². The first-order chi connectivity index (χ1) is 13.7. The number of hydrogen-bond acceptors (Lipinski definition) is 4. The van der Waals surface area contributed by atoms with Crippen molar-refractivity contribution in [3.63, 3.8) is 0 Å². The highest BCUT2D eigenvalue weighted by molar-refractivity contribution is 5.79. The normalized spacial score (nSPS) is 15.5. The van der Waals surface area contributed by atoms with Crippen LogP contribution >= 0.6 is 0 Å². The van der Waals surface area contributed by atoms with Crippen LogP contribution in [0.15, 0.2) is 29.3 Å². The van der Waals surface area contributed by atoms with E-state index in [-0.39, 0.29) is 0 Å². The topological polar surface area (TPSA) is 55.3 Å². The minimum absolute atomic E-state index is 0.625. The SMILES string of the molecule is CCNC(=NCCCOCC1CCOCC1)N(C)CCOc1ccccc1C. The van der Waals surface area contributed by atoms with Crippen LogP contribution in [0.3, 0.4) is 0 Å². The van der Waals surface area contributed by atoms with Crippen LogP contribution in [0.1, 0.15) is 31.7 Å². The van der Waals surface area contributed by atoms with Gasteiger partial charge in [-0.15, -0.1) is 0 Å². The number of nitrogens with zero attached hydrogens (tertiary/aromatic N) is 2. The fraction of sp³-hybridized carbons (Fsp3) is 0.682. The zero-order valence-electron chi connectivity index (χ0n) is 17.8. The zero-order valence-corrected chi connectivity index (χ0v) is 17.8. The second kappa shape index (κ2) is 13.4. The third-order valence-electron chi connectivity index (χ3n) is 4.88. The number of ether oxygens (including phenoxy) is 3. The molecule has 1 aliphatic rings. The molecule has 1 fully saturated rings. The van der Waals surface area contributed by atoms with E-state index in [9.17, 15) is 0 Å². The Hall–Kier alpha value is -1.79. The van der Waals surface area contributed by atoms with Crippen LogP contribution < -0.4 is 10.1 Å². The molecule has 28 heavy (non-hydrogen) atoms. The first-order valence-electron chi connectivity index (χ1n) is 10.5. The molecule has 0 spiro atoms. The lowest BCUT2D eigenvalue weighted by Gasteiger charge is -2.22. The van der Waals surface area contributed by atoms with Crippen molar-refractivity contribution >= 4 is 5.96 Å². The van der Waals surface area contributed by atoms with Gasteiger partial charge in [0.05, 0.1) is 6.54 Å². The van der Waals surface area contributed by atoms with Crippen molar-refractivity contribution in [2.45, 2.75) is 33.1 Å². The maximum Gasteiger partial charge on any atom is 0.193 e. The van der Waals surface area contributed by atoms with E-state index in [0.29, 0.717) is 12.5 Å². The lowest BCUT2D eigenvalue weighted by molar-refractivity contribution is 0.0205. The molecule has 1 N–H and O–H groups in total. The summed E-state index contributed by atoms with van der Waals surface area (Å²) in [6, 6.07) is 8.10. The molecule has 1 heterocycles. The van der Waals surface area contributed by atoms with Gasteiger partial charge >= 0.3 is 0 Å². The summed E-state index contributed by atoms with van der Waals surface area (Å²) < 4.78 is 17.1.